The topological polar surface area (TPSA) is 98.7 Å². The van der Waals surface area contributed by atoms with E-state index < -0.39 is 0 Å². The molecule has 146 valence electrons. The number of anilines is 1. The number of nitrogens with two attached hydrogens (primary N) is 1. The normalized spacial score (nSPS) is 16.4. The Labute approximate surface area is 168 Å². The number of fused-ring (bicyclic) bond motifs is 1. The number of nitrogens with one attached hydrogen (secondary N) is 1. The molecule has 1 atom stereocenters. The van der Waals surface area contributed by atoms with Crippen molar-refractivity contribution in [3.8, 4) is 0 Å². The van der Waals surface area contributed by atoms with Gasteiger partial charge in [-0.05, 0) is 24.8 Å². The molecule has 1 aliphatic heterocycles. The Morgan fingerprint density at radius 3 is 2.89 bits per heavy atom. The fourth-order valence-corrected chi connectivity index (χ4v) is 4.18. The molecule has 7 nitrogen and oxygen atoms in total. The average molecular weight is 397 g/mol. The third kappa shape index (κ3) is 4.56. The molecule has 0 aliphatic carbocycles. The minimum Gasteiger partial charge on any atom is -0.375 e. The highest BCUT2D eigenvalue weighted by atomic mass is 32.1. The van der Waals surface area contributed by atoms with Crippen molar-refractivity contribution in [1.29, 1.82) is 0 Å². The maximum atomic E-state index is 12.3. The average Bonchev–Trinajstić information content (AvgIpc) is 3.23. The number of aryl methyl sites for hydroxylation is 2. The number of carbonyl (C=O) groups excluding carboxylic acids is 1. The monoisotopic (exact) mass is 396 g/mol. The molecule has 28 heavy (non-hydrogen) atoms. The number of nitrogens with zero attached hydrogens (tertiary/aromatic N) is 4. The molecule has 1 amide bonds. The maximum Gasteiger partial charge on any atom is 0.220 e. The van der Waals surface area contributed by atoms with Crippen LogP contribution in [-0.4, -0.2) is 31.7 Å². The van der Waals surface area contributed by atoms with E-state index in [9.17, 15) is 4.79 Å². The van der Waals surface area contributed by atoms with Crippen LogP contribution < -0.4 is 11.1 Å². The summed E-state index contributed by atoms with van der Waals surface area (Å²) < 4.78 is 2.22. The van der Waals surface area contributed by atoms with Gasteiger partial charge in [0.15, 0.2) is 5.13 Å². The largest absolute Gasteiger partial charge is 0.375 e. The van der Waals surface area contributed by atoms with Crippen LogP contribution in [0.25, 0.3) is 0 Å². The molecule has 0 fully saturated rings. The van der Waals surface area contributed by atoms with Crippen molar-refractivity contribution in [3.05, 3.63) is 58.6 Å². The van der Waals surface area contributed by atoms with Gasteiger partial charge in [-0.1, -0.05) is 30.3 Å². The number of hydrogen-bond acceptors (Lipinski definition) is 6. The van der Waals surface area contributed by atoms with E-state index in [-0.39, 0.29) is 11.9 Å². The maximum absolute atomic E-state index is 12.3. The zero-order valence-electron chi connectivity index (χ0n) is 15.7. The lowest BCUT2D eigenvalue weighted by molar-refractivity contribution is -0.121. The molecule has 1 unspecified atom stereocenters. The molecule has 0 bridgehead atoms. The first kappa shape index (κ1) is 18.6. The van der Waals surface area contributed by atoms with Crippen molar-refractivity contribution in [2.24, 2.45) is 0 Å². The molecule has 0 radical (unpaired) electrons. The van der Waals surface area contributed by atoms with Crippen LogP contribution in [0.1, 0.15) is 42.2 Å². The van der Waals surface area contributed by atoms with Crippen LogP contribution in [0.4, 0.5) is 5.13 Å². The summed E-state index contributed by atoms with van der Waals surface area (Å²) in [5.41, 5.74) is 7.75. The number of aromatic nitrogens is 4. The summed E-state index contributed by atoms with van der Waals surface area (Å²) in [5.74, 6) is 2.08. The Balaban J connectivity index is 1.31. The van der Waals surface area contributed by atoms with Gasteiger partial charge in [0.25, 0.3) is 0 Å². The third-order valence-electron chi connectivity index (χ3n) is 5.07. The standard InChI is InChI=1S/C20H24N6OS/c21-20-23-16(13-28-20)7-9-19(27)22-15-6-8-17-24-25-18(26(17)11-10-15)12-14-4-2-1-3-5-14/h1-5,13,15H,6-12H2,(H2,21,23)(H,22,27). The number of carbonyl (C=O) groups is 1. The molecular formula is C20H24N6OS. The van der Waals surface area contributed by atoms with Crippen molar-refractivity contribution >= 4 is 22.4 Å². The van der Waals surface area contributed by atoms with Crippen LogP contribution in [0, 0.1) is 0 Å². The van der Waals surface area contributed by atoms with Crippen LogP contribution in [-0.2, 0) is 30.6 Å². The molecule has 4 rings (SSSR count). The zero-order chi connectivity index (χ0) is 19.3. The summed E-state index contributed by atoms with van der Waals surface area (Å²) in [5, 5.41) is 14.4. The summed E-state index contributed by atoms with van der Waals surface area (Å²) in [6.45, 7) is 0.831. The van der Waals surface area contributed by atoms with Crippen molar-refractivity contribution < 1.29 is 4.79 Å². The summed E-state index contributed by atoms with van der Waals surface area (Å²) in [6.07, 6.45) is 4.45. The molecular weight excluding hydrogens is 372 g/mol. The quantitative estimate of drug-likeness (QED) is 0.666. The molecule has 1 aliphatic rings. The van der Waals surface area contributed by atoms with Crippen LogP contribution in [0.2, 0.25) is 0 Å². The van der Waals surface area contributed by atoms with E-state index in [4.69, 9.17) is 5.73 Å². The van der Waals surface area contributed by atoms with Crippen LogP contribution >= 0.6 is 11.3 Å². The van der Waals surface area contributed by atoms with E-state index in [1.165, 1.54) is 16.9 Å². The molecule has 0 saturated carbocycles. The Hall–Kier alpha value is -2.74. The van der Waals surface area contributed by atoms with E-state index >= 15 is 0 Å². The SMILES string of the molecule is Nc1nc(CCC(=O)NC2CCc3nnc(Cc4ccccc4)n3CC2)cs1. The predicted octanol–water partition coefficient (Wildman–Crippen LogP) is 2.36. The van der Waals surface area contributed by atoms with Gasteiger partial charge in [0, 0.05) is 37.2 Å². The third-order valence-corrected chi connectivity index (χ3v) is 5.79. The molecule has 8 heteroatoms. The Bertz CT molecular complexity index is 935. The number of benzene rings is 1. The van der Waals surface area contributed by atoms with Gasteiger partial charge in [-0.2, -0.15) is 0 Å². The van der Waals surface area contributed by atoms with Crippen LogP contribution in [0.3, 0.4) is 0 Å². The van der Waals surface area contributed by atoms with Crippen LogP contribution in [0.5, 0.6) is 0 Å². The fourth-order valence-electron chi connectivity index (χ4n) is 3.58. The first-order valence-corrected chi connectivity index (χ1v) is 10.5. The summed E-state index contributed by atoms with van der Waals surface area (Å²) in [4.78, 5) is 16.5. The molecule has 2 aromatic heterocycles. The molecule has 0 spiro atoms. The lowest BCUT2D eigenvalue weighted by atomic mass is 10.1. The highest BCUT2D eigenvalue weighted by Gasteiger charge is 2.21. The summed E-state index contributed by atoms with van der Waals surface area (Å²) >= 11 is 1.41. The Morgan fingerprint density at radius 1 is 1.25 bits per heavy atom. The van der Waals surface area contributed by atoms with Gasteiger partial charge in [0.05, 0.1) is 5.69 Å². The molecule has 1 aromatic carbocycles. The number of thiazole rings is 1. The van der Waals surface area contributed by atoms with E-state index in [0.29, 0.717) is 18.0 Å². The number of nitrogen functional groups attached to an aromatic ring is 1. The smallest absolute Gasteiger partial charge is 0.220 e. The fraction of sp³-hybridized carbons (Fsp3) is 0.400. The van der Waals surface area contributed by atoms with Crippen molar-refractivity contribution in [2.75, 3.05) is 5.73 Å². The van der Waals surface area contributed by atoms with Gasteiger partial charge < -0.3 is 15.6 Å². The molecule has 3 heterocycles. The molecule has 3 N–H and O–H groups in total. The second-order valence-corrected chi connectivity index (χ2v) is 8.01. The molecule has 0 saturated heterocycles. The van der Waals surface area contributed by atoms with Gasteiger partial charge in [-0.25, -0.2) is 4.98 Å². The number of rotatable bonds is 6. The van der Waals surface area contributed by atoms with E-state index in [1.54, 1.807) is 0 Å². The zero-order valence-corrected chi connectivity index (χ0v) is 16.5. The van der Waals surface area contributed by atoms with Crippen LogP contribution in [0.15, 0.2) is 35.7 Å². The van der Waals surface area contributed by atoms with Crippen molar-refractivity contribution in [2.45, 2.75) is 51.1 Å². The molecule has 3 aromatic rings. The minimum atomic E-state index is 0.0683. The highest BCUT2D eigenvalue weighted by molar-refractivity contribution is 7.13. The second kappa shape index (κ2) is 8.52. The van der Waals surface area contributed by atoms with E-state index in [1.807, 2.05) is 23.6 Å². The Morgan fingerprint density at radius 2 is 2.11 bits per heavy atom. The first-order valence-electron chi connectivity index (χ1n) is 9.61. The van der Waals surface area contributed by atoms with Crippen molar-refractivity contribution in [1.82, 2.24) is 25.1 Å². The summed E-state index contributed by atoms with van der Waals surface area (Å²) in [6, 6.07) is 10.5. The predicted molar refractivity (Wildman–Crippen MR) is 109 cm³/mol. The Kier molecular flexibility index (Phi) is 5.66. The van der Waals surface area contributed by atoms with Gasteiger partial charge in [0.2, 0.25) is 5.91 Å². The van der Waals surface area contributed by atoms with Gasteiger partial charge >= 0.3 is 0 Å². The lowest BCUT2D eigenvalue weighted by Gasteiger charge is -2.16. The lowest BCUT2D eigenvalue weighted by Crippen LogP contribution is -2.35. The number of hydrogen-bond donors (Lipinski definition) is 2. The van der Waals surface area contributed by atoms with Crippen molar-refractivity contribution in [3.63, 3.8) is 0 Å². The minimum absolute atomic E-state index is 0.0683. The van der Waals surface area contributed by atoms with Gasteiger partial charge in [0.1, 0.15) is 11.6 Å². The summed E-state index contributed by atoms with van der Waals surface area (Å²) in [7, 11) is 0. The number of amides is 1. The first-order chi connectivity index (χ1) is 13.7. The van der Waals surface area contributed by atoms with E-state index in [2.05, 4.69) is 37.2 Å². The highest BCUT2D eigenvalue weighted by Crippen LogP contribution is 2.18. The van der Waals surface area contributed by atoms with Gasteiger partial charge in [-0.15, -0.1) is 21.5 Å². The second-order valence-electron chi connectivity index (χ2n) is 7.12. The van der Waals surface area contributed by atoms with E-state index in [0.717, 1.165) is 49.6 Å². The van der Waals surface area contributed by atoms with Gasteiger partial charge in [-0.3, -0.25) is 4.79 Å².